The Morgan fingerprint density at radius 3 is 2.44 bits per heavy atom. The molecule has 0 amide bonds. The van der Waals surface area contributed by atoms with E-state index < -0.39 is 0 Å². The van der Waals surface area contributed by atoms with Crippen LogP contribution in [0.25, 0.3) is 0 Å². The van der Waals surface area contributed by atoms with Gasteiger partial charge in [-0.2, -0.15) is 0 Å². The van der Waals surface area contributed by atoms with Crippen molar-refractivity contribution in [2.75, 3.05) is 20.3 Å². The highest BCUT2D eigenvalue weighted by molar-refractivity contribution is 6.23. The fourth-order valence-corrected chi connectivity index (χ4v) is 0.327. The lowest BCUT2D eigenvalue weighted by Crippen LogP contribution is -2.38. The number of nitrogens with one attached hydrogen (secondary N) is 1. The topological polar surface area (TPSA) is 61.7 Å². The minimum Gasteiger partial charge on any atom is -0.427 e. The Labute approximate surface area is 55.1 Å². The third-order valence-corrected chi connectivity index (χ3v) is 0.862. The summed E-state index contributed by atoms with van der Waals surface area (Å²) in [6.45, 7) is -0.202. The summed E-state index contributed by atoms with van der Waals surface area (Å²) in [6, 6.07) is -0.315. The van der Waals surface area contributed by atoms with E-state index in [1.165, 1.54) is 14.7 Å². The lowest BCUT2D eigenvalue weighted by atomic mass is 10.2. The fourth-order valence-electron chi connectivity index (χ4n) is 0.327. The van der Waals surface area contributed by atoms with E-state index in [0.717, 1.165) is 0 Å². The van der Waals surface area contributed by atoms with E-state index in [-0.39, 0.29) is 19.3 Å². The highest BCUT2D eigenvalue weighted by atomic mass is 16.4. The molecule has 0 fully saturated rings. The monoisotopic (exact) mass is 132 g/mol. The maximum Gasteiger partial charge on any atom is 0.395 e. The molecule has 1 radical (unpaired) electrons. The number of hydrogen-bond donors (Lipinski definition) is 3. The molecule has 0 aromatic heterocycles. The minimum absolute atomic E-state index is 0.101. The van der Waals surface area contributed by atoms with Crippen LogP contribution in [0.5, 0.6) is 0 Å². The van der Waals surface area contributed by atoms with Crippen LogP contribution in [-0.2, 0) is 4.65 Å². The number of rotatable bonds is 5. The molecule has 9 heavy (non-hydrogen) atoms. The normalized spacial score (nSPS) is 10.2. The summed E-state index contributed by atoms with van der Waals surface area (Å²) in [7, 11) is 2.80. The maximum atomic E-state index is 8.45. The summed E-state index contributed by atoms with van der Waals surface area (Å²) in [5.74, 6) is 0. The van der Waals surface area contributed by atoms with Crippen LogP contribution in [0.2, 0.25) is 0 Å². The lowest BCUT2D eigenvalue weighted by molar-refractivity contribution is 0.182. The Balaban J connectivity index is 3.09. The molecule has 0 saturated carbocycles. The minimum atomic E-state index is -0.315. The molecule has 0 unspecified atom stereocenters. The SMILES string of the molecule is CO[B]NC(CO)CO. The van der Waals surface area contributed by atoms with Gasteiger partial charge in [0.1, 0.15) is 0 Å². The molecular formula is C4H11BNO3. The summed E-state index contributed by atoms with van der Waals surface area (Å²) in [5.41, 5.74) is 0. The predicted octanol–water partition coefficient (Wildman–Crippen LogP) is -1.89. The number of aliphatic hydroxyl groups excluding tert-OH is 2. The second-order valence-corrected chi connectivity index (χ2v) is 1.58. The zero-order valence-electron chi connectivity index (χ0n) is 5.37. The first-order chi connectivity index (χ1) is 4.35. The predicted molar refractivity (Wildman–Crippen MR) is 33.9 cm³/mol. The zero-order chi connectivity index (χ0) is 7.11. The average molecular weight is 132 g/mol. The van der Waals surface area contributed by atoms with E-state index in [9.17, 15) is 0 Å². The van der Waals surface area contributed by atoms with Gasteiger partial charge in [0.25, 0.3) is 0 Å². The molecule has 3 N–H and O–H groups in total. The van der Waals surface area contributed by atoms with Crippen LogP contribution in [0.4, 0.5) is 0 Å². The molecule has 0 saturated heterocycles. The van der Waals surface area contributed by atoms with Crippen molar-refractivity contribution in [2.45, 2.75) is 6.04 Å². The number of aliphatic hydroxyl groups is 2. The van der Waals surface area contributed by atoms with E-state index in [0.29, 0.717) is 0 Å². The summed E-state index contributed by atoms with van der Waals surface area (Å²) in [5, 5.41) is 19.5. The molecule has 0 aliphatic rings. The molecule has 0 aromatic rings. The molecular weight excluding hydrogens is 121 g/mol. The molecule has 0 atom stereocenters. The molecule has 0 aliphatic heterocycles. The summed E-state index contributed by atoms with van der Waals surface area (Å²) < 4.78 is 4.52. The quantitative estimate of drug-likeness (QED) is 0.382. The molecule has 0 rings (SSSR count). The fraction of sp³-hybridized carbons (Fsp3) is 1.00. The Morgan fingerprint density at radius 1 is 1.56 bits per heavy atom. The van der Waals surface area contributed by atoms with Crippen molar-refractivity contribution in [1.29, 1.82) is 0 Å². The van der Waals surface area contributed by atoms with Gasteiger partial charge in [0.15, 0.2) is 0 Å². The van der Waals surface area contributed by atoms with E-state index in [2.05, 4.69) is 9.88 Å². The Bertz CT molecular complexity index is 59.8. The highest BCUT2D eigenvalue weighted by Crippen LogP contribution is 1.75. The summed E-state index contributed by atoms with van der Waals surface area (Å²) >= 11 is 0. The van der Waals surface area contributed by atoms with E-state index in [1.807, 2.05) is 0 Å². The molecule has 5 heteroatoms. The zero-order valence-corrected chi connectivity index (χ0v) is 5.37. The van der Waals surface area contributed by atoms with Crippen molar-refractivity contribution >= 4 is 7.62 Å². The largest absolute Gasteiger partial charge is 0.427 e. The third-order valence-electron chi connectivity index (χ3n) is 0.862. The van der Waals surface area contributed by atoms with E-state index in [4.69, 9.17) is 10.2 Å². The van der Waals surface area contributed by atoms with Crippen molar-refractivity contribution in [2.24, 2.45) is 0 Å². The standard InChI is InChI=1S/C4H11BNO3/c1-9-5-6-4(2-7)3-8/h4,6-8H,2-3H2,1H3. The van der Waals surface area contributed by atoms with Crippen LogP contribution in [0, 0.1) is 0 Å². The molecule has 0 aliphatic carbocycles. The second-order valence-electron chi connectivity index (χ2n) is 1.58. The van der Waals surface area contributed by atoms with Gasteiger partial charge in [0, 0.05) is 13.2 Å². The van der Waals surface area contributed by atoms with E-state index >= 15 is 0 Å². The van der Waals surface area contributed by atoms with Crippen LogP contribution in [0.3, 0.4) is 0 Å². The first kappa shape index (κ1) is 8.90. The van der Waals surface area contributed by atoms with Gasteiger partial charge >= 0.3 is 7.62 Å². The first-order valence-corrected chi connectivity index (χ1v) is 2.67. The smallest absolute Gasteiger partial charge is 0.395 e. The number of hydrogen-bond acceptors (Lipinski definition) is 4. The van der Waals surface area contributed by atoms with Crippen LogP contribution in [-0.4, -0.2) is 44.2 Å². The van der Waals surface area contributed by atoms with Gasteiger partial charge in [0.2, 0.25) is 0 Å². The maximum absolute atomic E-state index is 8.45. The Kier molecular flexibility index (Phi) is 5.97. The summed E-state index contributed by atoms with van der Waals surface area (Å²) in [4.78, 5) is 0. The van der Waals surface area contributed by atoms with Crippen LogP contribution in [0.15, 0.2) is 0 Å². The Hall–Kier alpha value is -0.0951. The molecule has 0 bridgehead atoms. The van der Waals surface area contributed by atoms with Gasteiger partial charge in [-0.15, -0.1) is 0 Å². The lowest BCUT2D eigenvalue weighted by Gasteiger charge is -2.09. The van der Waals surface area contributed by atoms with Crippen LogP contribution >= 0.6 is 0 Å². The highest BCUT2D eigenvalue weighted by Gasteiger charge is 2.03. The van der Waals surface area contributed by atoms with E-state index in [1.54, 1.807) is 0 Å². The second kappa shape index (κ2) is 6.03. The third kappa shape index (κ3) is 4.41. The van der Waals surface area contributed by atoms with Crippen LogP contribution in [0.1, 0.15) is 0 Å². The molecule has 4 nitrogen and oxygen atoms in total. The van der Waals surface area contributed by atoms with Crippen molar-refractivity contribution in [3.05, 3.63) is 0 Å². The van der Waals surface area contributed by atoms with Gasteiger partial charge < -0.3 is 20.1 Å². The van der Waals surface area contributed by atoms with Crippen LogP contribution < -0.4 is 5.23 Å². The van der Waals surface area contributed by atoms with Gasteiger partial charge in [-0.05, 0) is 0 Å². The molecule has 0 heterocycles. The van der Waals surface area contributed by atoms with Gasteiger partial charge in [-0.25, -0.2) is 0 Å². The molecule has 0 spiro atoms. The van der Waals surface area contributed by atoms with Crippen molar-refractivity contribution in [3.8, 4) is 0 Å². The average Bonchev–Trinajstić information content (AvgIpc) is 1.91. The van der Waals surface area contributed by atoms with Crippen molar-refractivity contribution in [3.63, 3.8) is 0 Å². The summed E-state index contributed by atoms with van der Waals surface area (Å²) in [6.07, 6.45) is 0. The molecule has 0 aromatic carbocycles. The van der Waals surface area contributed by atoms with Gasteiger partial charge in [0.05, 0.1) is 13.2 Å². The van der Waals surface area contributed by atoms with Gasteiger partial charge in [-0.1, -0.05) is 0 Å². The first-order valence-electron chi connectivity index (χ1n) is 2.67. The van der Waals surface area contributed by atoms with Crippen molar-refractivity contribution < 1.29 is 14.9 Å². The molecule has 53 valence electrons. The van der Waals surface area contributed by atoms with Gasteiger partial charge in [-0.3, -0.25) is 0 Å². The Morgan fingerprint density at radius 2 is 2.11 bits per heavy atom. The van der Waals surface area contributed by atoms with Crippen molar-refractivity contribution in [1.82, 2.24) is 5.23 Å².